The number of hydrogen-bond donors (Lipinski definition) is 0. The van der Waals surface area contributed by atoms with E-state index >= 15 is 0 Å². The molecule has 0 saturated heterocycles. The quantitative estimate of drug-likeness (QED) is 0.478. The van der Waals surface area contributed by atoms with E-state index in [0.717, 1.165) is 16.0 Å². The number of rotatable bonds is 4. The summed E-state index contributed by atoms with van der Waals surface area (Å²) in [4.78, 5) is 5.46. The number of nitrogens with zero attached hydrogens (tertiary/aromatic N) is 1. The topological polar surface area (TPSA) is 22.1 Å². The molecule has 4 rings (SSSR count). The van der Waals surface area contributed by atoms with Gasteiger partial charge in [-0.15, -0.1) is 11.3 Å². The molecule has 0 spiro atoms. The number of pyridine rings is 1. The second kappa shape index (κ2) is 6.42. The molecule has 0 fully saturated rings. The standard InChI is InChI=1S/C20H14FNOS/c21-17-6-2-3-7-18(17)23-13-14-9-16(12-22-11-14)20-10-15-5-1-4-8-19(15)24-20/h1-12H,13H2. The molecule has 118 valence electrons. The third-order valence-electron chi connectivity index (χ3n) is 3.74. The smallest absolute Gasteiger partial charge is 0.165 e. The van der Waals surface area contributed by atoms with Crippen LogP contribution >= 0.6 is 11.3 Å². The molecule has 0 bridgehead atoms. The van der Waals surface area contributed by atoms with Crippen LogP contribution in [0.3, 0.4) is 0 Å². The normalized spacial score (nSPS) is 10.9. The molecule has 0 unspecified atom stereocenters. The largest absolute Gasteiger partial charge is 0.486 e. The molecule has 0 aliphatic rings. The second-order valence-electron chi connectivity index (χ2n) is 5.45. The molecule has 4 aromatic rings. The molecule has 2 heterocycles. The van der Waals surface area contributed by atoms with E-state index in [1.165, 1.54) is 16.2 Å². The Morgan fingerprint density at radius 2 is 1.79 bits per heavy atom. The van der Waals surface area contributed by atoms with Gasteiger partial charge in [0.25, 0.3) is 0 Å². The molecule has 0 saturated carbocycles. The van der Waals surface area contributed by atoms with Gasteiger partial charge in [-0.2, -0.15) is 0 Å². The average molecular weight is 335 g/mol. The van der Waals surface area contributed by atoms with Gasteiger partial charge in [-0.1, -0.05) is 30.3 Å². The van der Waals surface area contributed by atoms with E-state index < -0.39 is 0 Å². The lowest BCUT2D eigenvalue weighted by Gasteiger charge is -2.07. The van der Waals surface area contributed by atoms with E-state index in [4.69, 9.17) is 4.74 Å². The molecule has 24 heavy (non-hydrogen) atoms. The Balaban J connectivity index is 1.58. The van der Waals surface area contributed by atoms with E-state index in [0.29, 0.717) is 0 Å². The average Bonchev–Trinajstić information content (AvgIpc) is 3.06. The third-order valence-corrected chi connectivity index (χ3v) is 4.90. The second-order valence-corrected chi connectivity index (χ2v) is 6.53. The van der Waals surface area contributed by atoms with Crippen molar-refractivity contribution in [1.29, 1.82) is 0 Å². The van der Waals surface area contributed by atoms with Gasteiger partial charge in [0.1, 0.15) is 6.61 Å². The van der Waals surface area contributed by atoms with Crippen LogP contribution in [0.15, 0.2) is 73.1 Å². The Morgan fingerprint density at radius 3 is 2.67 bits per heavy atom. The van der Waals surface area contributed by atoms with Crippen LogP contribution in [-0.4, -0.2) is 4.98 Å². The fourth-order valence-corrected chi connectivity index (χ4v) is 3.59. The summed E-state index contributed by atoms with van der Waals surface area (Å²) in [6.07, 6.45) is 3.59. The first kappa shape index (κ1) is 14.8. The zero-order chi connectivity index (χ0) is 16.4. The van der Waals surface area contributed by atoms with Crippen molar-refractivity contribution >= 4 is 21.4 Å². The van der Waals surface area contributed by atoms with Crippen molar-refractivity contribution in [2.45, 2.75) is 6.61 Å². The van der Waals surface area contributed by atoms with Gasteiger partial charge >= 0.3 is 0 Å². The number of hydrogen-bond acceptors (Lipinski definition) is 3. The number of para-hydroxylation sites is 1. The Bertz CT molecular complexity index is 963. The molecule has 4 heteroatoms. The summed E-state index contributed by atoms with van der Waals surface area (Å²) in [5.41, 5.74) is 1.96. The highest BCUT2D eigenvalue weighted by Crippen LogP contribution is 2.33. The van der Waals surface area contributed by atoms with Crippen molar-refractivity contribution in [1.82, 2.24) is 4.98 Å². The number of halogens is 1. The maximum Gasteiger partial charge on any atom is 0.165 e. The molecular weight excluding hydrogens is 321 g/mol. The Morgan fingerprint density at radius 1 is 0.958 bits per heavy atom. The SMILES string of the molecule is Fc1ccccc1OCc1cncc(-c2cc3ccccc3s2)c1. The molecule has 2 aromatic carbocycles. The first-order chi connectivity index (χ1) is 11.8. The minimum absolute atomic E-state index is 0.254. The van der Waals surface area contributed by atoms with Gasteiger partial charge in [-0.25, -0.2) is 4.39 Å². The summed E-state index contributed by atoms with van der Waals surface area (Å²) in [6, 6.07) is 18.9. The molecule has 0 amide bonds. The number of aromatic nitrogens is 1. The van der Waals surface area contributed by atoms with Crippen molar-refractivity contribution in [3.8, 4) is 16.2 Å². The fourth-order valence-electron chi connectivity index (χ4n) is 2.55. The maximum atomic E-state index is 13.6. The first-order valence-corrected chi connectivity index (χ1v) is 8.41. The van der Waals surface area contributed by atoms with E-state index in [-0.39, 0.29) is 18.2 Å². The van der Waals surface area contributed by atoms with Gasteiger partial charge in [-0.3, -0.25) is 4.98 Å². The molecule has 0 N–H and O–H groups in total. The zero-order valence-electron chi connectivity index (χ0n) is 12.8. The van der Waals surface area contributed by atoms with Crippen LogP contribution in [0.4, 0.5) is 4.39 Å². The number of benzene rings is 2. The minimum Gasteiger partial charge on any atom is -0.486 e. The lowest BCUT2D eigenvalue weighted by Crippen LogP contribution is -1.98. The Hall–Kier alpha value is -2.72. The van der Waals surface area contributed by atoms with Crippen LogP contribution in [0, 0.1) is 5.82 Å². The predicted molar refractivity (Wildman–Crippen MR) is 95.8 cm³/mol. The third kappa shape index (κ3) is 3.01. The van der Waals surface area contributed by atoms with Gasteiger partial charge in [-0.05, 0) is 35.7 Å². The van der Waals surface area contributed by atoms with Gasteiger partial charge in [0.05, 0.1) is 0 Å². The lowest BCUT2D eigenvalue weighted by molar-refractivity contribution is 0.290. The van der Waals surface area contributed by atoms with Crippen LogP contribution in [0.25, 0.3) is 20.5 Å². The van der Waals surface area contributed by atoms with E-state index in [1.807, 2.05) is 24.4 Å². The van der Waals surface area contributed by atoms with Crippen LogP contribution in [-0.2, 0) is 6.61 Å². The maximum absolute atomic E-state index is 13.6. The van der Waals surface area contributed by atoms with Gasteiger partial charge in [0, 0.05) is 33.1 Å². The summed E-state index contributed by atoms with van der Waals surface area (Å²) >= 11 is 1.74. The number of thiophene rings is 1. The summed E-state index contributed by atoms with van der Waals surface area (Å²) in [6.45, 7) is 0.284. The van der Waals surface area contributed by atoms with E-state index in [2.05, 4.69) is 23.2 Å². The summed E-state index contributed by atoms with van der Waals surface area (Å²) in [5, 5.41) is 1.23. The Kier molecular flexibility index (Phi) is 3.97. The highest BCUT2D eigenvalue weighted by Gasteiger charge is 2.07. The molecule has 0 aliphatic carbocycles. The van der Waals surface area contributed by atoms with Gasteiger partial charge < -0.3 is 4.74 Å². The van der Waals surface area contributed by atoms with Crippen LogP contribution in [0.5, 0.6) is 5.75 Å². The molecule has 0 radical (unpaired) electrons. The molecule has 0 aliphatic heterocycles. The van der Waals surface area contributed by atoms with Crippen molar-refractivity contribution in [3.05, 3.63) is 84.4 Å². The monoisotopic (exact) mass is 335 g/mol. The van der Waals surface area contributed by atoms with Crippen LogP contribution in [0.2, 0.25) is 0 Å². The zero-order valence-corrected chi connectivity index (χ0v) is 13.6. The number of ether oxygens (including phenoxy) is 1. The van der Waals surface area contributed by atoms with E-state index in [1.54, 1.807) is 35.7 Å². The van der Waals surface area contributed by atoms with Crippen molar-refractivity contribution in [3.63, 3.8) is 0 Å². The molecule has 0 atom stereocenters. The first-order valence-electron chi connectivity index (χ1n) is 7.60. The molecule has 2 nitrogen and oxygen atoms in total. The fraction of sp³-hybridized carbons (Fsp3) is 0.0500. The van der Waals surface area contributed by atoms with Crippen LogP contribution in [0.1, 0.15) is 5.56 Å². The van der Waals surface area contributed by atoms with Crippen LogP contribution < -0.4 is 4.74 Å². The van der Waals surface area contributed by atoms with Crippen molar-refractivity contribution in [2.24, 2.45) is 0 Å². The number of fused-ring (bicyclic) bond motifs is 1. The minimum atomic E-state index is -0.355. The van der Waals surface area contributed by atoms with E-state index in [9.17, 15) is 4.39 Å². The molecular formula is C20H14FNOS. The lowest BCUT2D eigenvalue weighted by atomic mass is 10.1. The Labute approximate surface area is 143 Å². The molecule has 2 aromatic heterocycles. The highest BCUT2D eigenvalue weighted by atomic mass is 32.1. The van der Waals surface area contributed by atoms with Gasteiger partial charge in [0.15, 0.2) is 11.6 Å². The van der Waals surface area contributed by atoms with Crippen molar-refractivity contribution < 1.29 is 9.13 Å². The highest BCUT2D eigenvalue weighted by molar-refractivity contribution is 7.22. The summed E-state index contributed by atoms with van der Waals surface area (Å²) in [5.74, 6) is -0.101. The van der Waals surface area contributed by atoms with Gasteiger partial charge in [0.2, 0.25) is 0 Å². The summed E-state index contributed by atoms with van der Waals surface area (Å²) in [7, 11) is 0. The van der Waals surface area contributed by atoms with Crippen molar-refractivity contribution in [2.75, 3.05) is 0 Å². The summed E-state index contributed by atoms with van der Waals surface area (Å²) < 4.78 is 20.4. The predicted octanol–water partition coefficient (Wildman–Crippen LogP) is 5.68.